The van der Waals surface area contributed by atoms with Gasteiger partial charge in [-0.3, -0.25) is 4.79 Å². The molecule has 0 fully saturated rings. The smallest absolute Gasteiger partial charge is 0.241 e. The Morgan fingerprint density at radius 1 is 1.32 bits per heavy atom. The van der Waals surface area contributed by atoms with Gasteiger partial charge >= 0.3 is 0 Å². The standard InChI is InChI=1S/C19H30N2O3S/c1-8-19(6,7)20-25(23,24)14-9-10-16-15(11-14)18(4,5)12-21(16)17(22)13(2)3/h9-11,13,20H,8,12H2,1-7H3. The second-order valence-corrected chi connectivity index (χ2v) is 10.2. The number of fused-ring (bicyclic) bond motifs is 1. The summed E-state index contributed by atoms with van der Waals surface area (Å²) in [4.78, 5) is 14.5. The minimum atomic E-state index is -3.61. The predicted molar refractivity (Wildman–Crippen MR) is 101 cm³/mol. The highest BCUT2D eigenvalue weighted by molar-refractivity contribution is 7.89. The first-order valence-corrected chi connectivity index (χ1v) is 10.3. The number of nitrogens with one attached hydrogen (secondary N) is 1. The normalized spacial score (nSPS) is 17.0. The van der Waals surface area contributed by atoms with Crippen LogP contribution in [0.5, 0.6) is 0 Å². The molecule has 5 nitrogen and oxygen atoms in total. The summed E-state index contributed by atoms with van der Waals surface area (Å²) in [6.07, 6.45) is 0.694. The molecule has 0 spiro atoms. The maximum atomic E-state index is 12.7. The fraction of sp³-hybridized carbons (Fsp3) is 0.632. The van der Waals surface area contributed by atoms with Gasteiger partial charge in [0.25, 0.3) is 0 Å². The van der Waals surface area contributed by atoms with Crippen LogP contribution >= 0.6 is 0 Å². The Labute approximate surface area is 151 Å². The van der Waals surface area contributed by atoms with Crippen LogP contribution in [-0.2, 0) is 20.2 Å². The largest absolute Gasteiger partial charge is 0.311 e. The van der Waals surface area contributed by atoms with Gasteiger partial charge in [0.15, 0.2) is 0 Å². The number of rotatable bonds is 5. The van der Waals surface area contributed by atoms with Gasteiger partial charge in [0.05, 0.1) is 4.90 Å². The second kappa shape index (κ2) is 6.40. The van der Waals surface area contributed by atoms with E-state index in [1.807, 2.05) is 48.5 Å². The fourth-order valence-corrected chi connectivity index (χ4v) is 4.54. The van der Waals surface area contributed by atoms with Crippen LogP contribution in [0.1, 0.15) is 60.5 Å². The molecule has 0 radical (unpaired) electrons. The van der Waals surface area contributed by atoms with Crippen molar-refractivity contribution in [2.24, 2.45) is 5.92 Å². The average molecular weight is 367 g/mol. The summed E-state index contributed by atoms with van der Waals surface area (Å²) in [7, 11) is -3.61. The molecule has 1 aliphatic rings. The summed E-state index contributed by atoms with van der Waals surface area (Å²) >= 11 is 0. The molecule has 0 aromatic heterocycles. The molecule has 0 atom stereocenters. The van der Waals surface area contributed by atoms with Crippen molar-refractivity contribution < 1.29 is 13.2 Å². The molecule has 1 aromatic rings. The Hall–Kier alpha value is -1.40. The second-order valence-electron chi connectivity index (χ2n) is 8.48. The lowest BCUT2D eigenvalue weighted by Crippen LogP contribution is -2.42. The van der Waals surface area contributed by atoms with E-state index in [1.54, 1.807) is 23.1 Å². The van der Waals surface area contributed by atoms with Crippen LogP contribution < -0.4 is 9.62 Å². The quantitative estimate of drug-likeness (QED) is 0.868. The lowest BCUT2D eigenvalue weighted by molar-refractivity contribution is -0.121. The monoisotopic (exact) mass is 366 g/mol. The zero-order chi connectivity index (χ0) is 19.2. The molecule has 1 heterocycles. The summed E-state index contributed by atoms with van der Waals surface area (Å²) in [5.41, 5.74) is 0.926. The van der Waals surface area contributed by atoms with Gasteiger partial charge < -0.3 is 4.90 Å². The van der Waals surface area contributed by atoms with Crippen LogP contribution in [0, 0.1) is 5.92 Å². The molecular weight excluding hydrogens is 336 g/mol. The maximum absolute atomic E-state index is 12.7. The van der Waals surface area contributed by atoms with Gasteiger partial charge in [0, 0.05) is 29.1 Å². The van der Waals surface area contributed by atoms with E-state index in [-0.39, 0.29) is 22.1 Å². The molecule has 0 saturated heterocycles. The van der Waals surface area contributed by atoms with Crippen LogP contribution in [-0.4, -0.2) is 26.4 Å². The van der Waals surface area contributed by atoms with Gasteiger partial charge in [0.1, 0.15) is 0 Å². The lowest BCUT2D eigenvalue weighted by atomic mass is 9.87. The highest BCUT2D eigenvalue weighted by Gasteiger charge is 2.39. The van der Waals surface area contributed by atoms with Gasteiger partial charge in [-0.1, -0.05) is 34.6 Å². The fourth-order valence-electron chi connectivity index (χ4n) is 3.03. The molecule has 1 N–H and O–H groups in total. The molecule has 0 bridgehead atoms. The van der Waals surface area contributed by atoms with Crippen molar-refractivity contribution >= 4 is 21.6 Å². The van der Waals surface area contributed by atoms with Crippen LogP contribution in [0.2, 0.25) is 0 Å². The molecule has 1 aromatic carbocycles. The molecule has 0 aliphatic carbocycles. The van der Waals surface area contributed by atoms with Crippen LogP contribution in [0.4, 0.5) is 5.69 Å². The van der Waals surface area contributed by atoms with Crippen LogP contribution in [0.3, 0.4) is 0 Å². The zero-order valence-electron chi connectivity index (χ0n) is 16.3. The molecule has 25 heavy (non-hydrogen) atoms. The maximum Gasteiger partial charge on any atom is 0.241 e. The third kappa shape index (κ3) is 3.90. The van der Waals surface area contributed by atoms with Crippen LogP contribution in [0.25, 0.3) is 0 Å². The Morgan fingerprint density at radius 3 is 2.44 bits per heavy atom. The highest BCUT2D eigenvalue weighted by atomic mass is 32.2. The first-order chi connectivity index (χ1) is 11.3. The van der Waals surface area contributed by atoms with Crippen molar-refractivity contribution in [1.82, 2.24) is 4.72 Å². The summed E-state index contributed by atoms with van der Waals surface area (Å²) in [5.74, 6) is -0.0372. The van der Waals surface area contributed by atoms with Gasteiger partial charge in [-0.05, 0) is 44.0 Å². The van der Waals surface area contributed by atoms with E-state index in [1.165, 1.54) is 0 Å². The molecule has 0 unspecified atom stereocenters. The Bertz CT molecular complexity index is 780. The Kier molecular flexibility index (Phi) is 5.10. The van der Waals surface area contributed by atoms with Crippen molar-refractivity contribution in [1.29, 1.82) is 0 Å². The molecule has 140 valence electrons. The first-order valence-electron chi connectivity index (χ1n) is 8.80. The van der Waals surface area contributed by atoms with E-state index in [9.17, 15) is 13.2 Å². The number of anilines is 1. The molecule has 6 heteroatoms. The van der Waals surface area contributed by atoms with Crippen molar-refractivity contribution in [3.8, 4) is 0 Å². The Balaban J connectivity index is 2.47. The summed E-state index contributed by atoms with van der Waals surface area (Å²) in [6.45, 7) is 14.1. The van der Waals surface area contributed by atoms with Crippen molar-refractivity contribution in [3.63, 3.8) is 0 Å². The van der Waals surface area contributed by atoms with E-state index in [4.69, 9.17) is 0 Å². The third-order valence-corrected chi connectivity index (χ3v) is 6.60. The number of sulfonamides is 1. The SMILES string of the molecule is CCC(C)(C)NS(=O)(=O)c1ccc2c(c1)C(C)(C)CN2C(=O)C(C)C. The minimum Gasteiger partial charge on any atom is -0.311 e. The molecular formula is C19H30N2O3S. The highest BCUT2D eigenvalue weighted by Crippen LogP contribution is 2.42. The molecule has 1 amide bonds. The van der Waals surface area contributed by atoms with Crippen molar-refractivity contribution in [3.05, 3.63) is 23.8 Å². The predicted octanol–water partition coefficient (Wildman–Crippen LogP) is 3.43. The van der Waals surface area contributed by atoms with Gasteiger partial charge in [-0.25, -0.2) is 13.1 Å². The van der Waals surface area contributed by atoms with Crippen molar-refractivity contribution in [2.75, 3.05) is 11.4 Å². The van der Waals surface area contributed by atoms with Gasteiger partial charge in [0.2, 0.25) is 15.9 Å². The summed E-state index contributed by atoms with van der Waals surface area (Å²) < 4.78 is 28.3. The van der Waals surface area contributed by atoms with Gasteiger partial charge in [-0.2, -0.15) is 0 Å². The van der Waals surface area contributed by atoms with E-state index < -0.39 is 15.6 Å². The van der Waals surface area contributed by atoms with E-state index in [0.717, 1.165) is 11.3 Å². The number of carbonyl (C=O) groups excluding carboxylic acids is 1. The molecule has 1 aliphatic heterocycles. The number of amides is 1. The number of hydrogen-bond donors (Lipinski definition) is 1. The van der Waals surface area contributed by atoms with E-state index in [2.05, 4.69) is 4.72 Å². The number of benzene rings is 1. The lowest BCUT2D eigenvalue weighted by Gasteiger charge is -2.24. The van der Waals surface area contributed by atoms with Crippen molar-refractivity contribution in [2.45, 2.75) is 70.7 Å². The molecule has 2 rings (SSSR count). The number of hydrogen-bond acceptors (Lipinski definition) is 3. The average Bonchev–Trinajstić information content (AvgIpc) is 2.76. The molecule has 0 saturated carbocycles. The number of carbonyl (C=O) groups is 1. The van der Waals surface area contributed by atoms with E-state index in [0.29, 0.717) is 13.0 Å². The van der Waals surface area contributed by atoms with E-state index >= 15 is 0 Å². The van der Waals surface area contributed by atoms with Gasteiger partial charge in [-0.15, -0.1) is 0 Å². The minimum absolute atomic E-state index is 0.0627. The third-order valence-electron chi connectivity index (χ3n) is 4.91. The Morgan fingerprint density at radius 2 is 1.92 bits per heavy atom. The van der Waals surface area contributed by atoms with Crippen LogP contribution in [0.15, 0.2) is 23.1 Å². The number of nitrogens with zero attached hydrogens (tertiary/aromatic N) is 1. The summed E-state index contributed by atoms with van der Waals surface area (Å²) in [6, 6.07) is 5.07. The summed E-state index contributed by atoms with van der Waals surface area (Å²) in [5, 5.41) is 0. The zero-order valence-corrected chi connectivity index (χ0v) is 17.1. The first kappa shape index (κ1) is 19.9. The topological polar surface area (TPSA) is 66.5 Å².